The first-order valence-corrected chi connectivity index (χ1v) is 8.36. The first-order valence-electron chi connectivity index (χ1n) is 6.00. The van der Waals surface area contributed by atoms with E-state index >= 15 is 0 Å². The summed E-state index contributed by atoms with van der Waals surface area (Å²) >= 11 is 1.15. The number of anilines is 1. The molecule has 1 aromatic heterocycles. The van der Waals surface area contributed by atoms with Crippen LogP contribution in [0.5, 0.6) is 0 Å². The van der Waals surface area contributed by atoms with Crippen molar-refractivity contribution in [3.63, 3.8) is 0 Å². The van der Waals surface area contributed by atoms with Crippen molar-refractivity contribution in [2.45, 2.75) is 31.1 Å². The Morgan fingerprint density at radius 2 is 2.00 bits per heavy atom. The van der Waals surface area contributed by atoms with Gasteiger partial charge in [-0.25, -0.2) is 8.42 Å². The van der Waals surface area contributed by atoms with Gasteiger partial charge in [0.05, 0.1) is 4.90 Å². The minimum atomic E-state index is -3.56. The summed E-state index contributed by atoms with van der Waals surface area (Å²) in [7, 11) is -3.56. The van der Waals surface area contributed by atoms with Crippen LogP contribution in [0, 0.1) is 0 Å². The van der Waals surface area contributed by atoms with E-state index in [0.29, 0.717) is 0 Å². The summed E-state index contributed by atoms with van der Waals surface area (Å²) in [5, 5.41) is 7.53. The molecule has 19 heavy (non-hydrogen) atoms. The molecular formula is C12H15N3O2S2. The Kier molecular flexibility index (Phi) is 4.49. The van der Waals surface area contributed by atoms with E-state index in [4.69, 9.17) is 0 Å². The third-order valence-corrected chi connectivity index (χ3v) is 4.73. The first-order chi connectivity index (χ1) is 9.12. The lowest BCUT2D eigenvalue weighted by molar-refractivity contribution is 0.601. The van der Waals surface area contributed by atoms with Gasteiger partial charge in [-0.1, -0.05) is 36.8 Å². The predicted molar refractivity (Wildman–Crippen MR) is 75.8 cm³/mol. The molecule has 0 spiro atoms. The standard InChI is InChI=1S/C12H15N3O2S2/c1-2-3-4-10-5-7-11(8-6-10)19(16,17)15-12-14-13-9-18-12/h5-9H,2-4H2,1H3,(H,14,15). The molecule has 1 aromatic carbocycles. The molecule has 102 valence electrons. The molecule has 0 unspecified atom stereocenters. The lowest BCUT2D eigenvalue weighted by Gasteiger charge is -2.06. The van der Waals surface area contributed by atoms with Crippen LogP contribution in [0.3, 0.4) is 0 Å². The fourth-order valence-corrected chi connectivity index (χ4v) is 3.30. The highest BCUT2D eigenvalue weighted by Gasteiger charge is 2.15. The number of aryl methyl sites for hydroxylation is 1. The Hall–Kier alpha value is -1.47. The summed E-state index contributed by atoms with van der Waals surface area (Å²) in [6, 6.07) is 6.94. The van der Waals surface area contributed by atoms with E-state index in [1.54, 1.807) is 12.1 Å². The molecule has 2 rings (SSSR count). The second-order valence-corrected chi connectivity index (χ2v) is 6.61. The van der Waals surface area contributed by atoms with Gasteiger partial charge in [-0.2, -0.15) is 0 Å². The molecule has 0 aliphatic rings. The number of hydrogen-bond acceptors (Lipinski definition) is 5. The molecular weight excluding hydrogens is 282 g/mol. The number of nitrogens with one attached hydrogen (secondary N) is 1. The molecule has 7 heteroatoms. The number of nitrogens with zero attached hydrogens (tertiary/aromatic N) is 2. The maximum absolute atomic E-state index is 12.1. The van der Waals surface area contributed by atoms with Gasteiger partial charge in [-0.15, -0.1) is 10.2 Å². The molecule has 0 saturated heterocycles. The van der Waals surface area contributed by atoms with E-state index in [1.165, 1.54) is 5.51 Å². The molecule has 0 radical (unpaired) electrons. The minimum absolute atomic E-state index is 0.239. The molecule has 0 aliphatic heterocycles. The third-order valence-electron chi connectivity index (χ3n) is 2.63. The second kappa shape index (κ2) is 6.12. The zero-order chi connectivity index (χ0) is 13.7. The van der Waals surface area contributed by atoms with Crippen LogP contribution in [0.15, 0.2) is 34.7 Å². The Bertz CT molecular complexity index is 607. The van der Waals surface area contributed by atoms with Crippen LogP contribution >= 0.6 is 11.3 Å². The van der Waals surface area contributed by atoms with E-state index in [0.717, 1.165) is 36.2 Å². The fraction of sp³-hybridized carbons (Fsp3) is 0.333. The molecule has 0 aliphatic carbocycles. The summed E-state index contributed by atoms with van der Waals surface area (Å²) in [6.45, 7) is 2.13. The smallest absolute Gasteiger partial charge is 0.253 e. The van der Waals surface area contributed by atoms with Crippen molar-refractivity contribution in [2.24, 2.45) is 0 Å². The first kappa shape index (κ1) is 14.0. The van der Waals surface area contributed by atoms with E-state index in [1.807, 2.05) is 12.1 Å². The van der Waals surface area contributed by atoms with Crippen molar-refractivity contribution in [3.05, 3.63) is 35.3 Å². The van der Waals surface area contributed by atoms with Gasteiger partial charge in [-0.05, 0) is 30.5 Å². The zero-order valence-electron chi connectivity index (χ0n) is 10.5. The van der Waals surface area contributed by atoms with Crippen LogP contribution in [0.2, 0.25) is 0 Å². The highest BCUT2D eigenvalue weighted by atomic mass is 32.2. The largest absolute Gasteiger partial charge is 0.263 e. The number of sulfonamides is 1. The third kappa shape index (κ3) is 3.74. The molecule has 0 atom stereocenters. The number of unbranched alkanes of at least 4 members (excludes halogenated alkanes) is 1. The number of rotatable bonds is 6. The Morgan fingerprint density at radius 1 is 1.26 bits per heavy atom. The fourth-order valence-electron chi connectivity index (χ4n) is 1.61. The van der Waals surface area contributed by atoms with Crippen LogP contribution in [0.4, 0.5) is 5.13 Å². The van der Waals surface area contributed by atoms with Crippen molar-refractivity contribution in [1.82, 2.24) is 10.2 Å². The van der Waals surface area contributed by atoms with Crippen molar-refractivity contribution in [3.8, 4) is 0 Å². The Labute approximate surface area is 116 Å². The lowest BCUT2D eigenvalue weighted by Crippen LogP contribution is -2.12. The van der Waals surface area contributed by atoms with Gasteiger partial charge in [-0.3, -0.25) is 4.72 Å². The normalized spacial score (nSPS) is 11.4. The quantitative estimate of drug-likeness (QED) is 0.889. The van der Waals surface area contributed by atoms with Gasteiger partial charge in [0.1, 0.15) is 5.51 Å². The number of hydrogen-bond donors (Lipinski definition) is 1. The molecule has 2 aromatic rings. The SMILES string of the molecule is CCCCc1ccc(S(=O)(=O)Nc2nncs2)cc1. The number of benzene rings is 1. The summed E-state index contributed by atoms with van der Waals surface area (Å²) in [4.78, 5) is 0.239. The topological polar surface area (TPSA) is 72.0 Å². The minimum Gasteiger partial charge on any atom is -0.253 e. The average molecular weight is 297 g/mol. The van der Waals surface area contributed by atoms with Crippen LogP contribution in [-0.2, 0) is 16.4 Å². The van der Waals surface area contributed by atoms with Gasteiger partial charge >= 0.3 is 0 Å². The molecule has 0 bridgehead atoms. The van der Waals surface area contributed by atoms with E-state index in [9.17, 15) is 8.42 Å². The monoisotopic (exact) mass is 297 g/mol. The van der Waals surface area contributed by atoms with Crippen LogP contribution < -0.4 is 4.72 Å². The lowest BCUT2D eigenvalue weighted by atomic mass is 10.1. The summed E-state index contributed by atoms with van der Waals surface area (Å²) in [6.07, 6.45) is 3.20. The van der Waals surface area contributed by atoms with Crippen molar-refractivity contribution in [2.75, 3.05) is 4.72 Å². The molecule has 0 amide bonds. The van der Waals surface area contributed by atoms with Crippen molar-refractivity contribution < 1.29 is 8.42 Å². The maximum Gasteiger partial charge on any atom is 0.263 e. The molecule has 1 heterocycles. The van der Waals surface area contributed by atoms with Gasteiger partial charge in [0.2, 0.25) is 5.13 Å². The highest BCUT2D eigenvalue weighted by molar-refractivity contribution is 7.93. The summed E-state index contributed by atoms with van der Waals surface area (Å²) < 4.78 is 26.5. The second-order valence-electron chi connectivity index (χ2n) is 4.10. The predicted octanol–water partition coefficient (Wildman–Crippen LogP) is 2.68. The molecule has 5 nitrogen and oxygen atoms in total. The van der Waals surface area contributed by atoms with Crippen molar-refractivity contribution >= 4 is 26.5 Å². The van der Waals surface area contributed by atoms with Gasteiger partial charge < -0.3 is 0 Å². The highest BCUT2D eigenvalue weighted by Crippen LogP contribution is 2.17. The van der Waals surface area contributed by atoms with E-state index < -0.39 is 10.0 Å². The van der Waals surface area contributed by atoms with Gasteiger partial charge in [0.15, 0.2) is 0 Å². The zero-order valence-corrected chi connectivity index (χ0v) is 12.2. The van der Waals surface area contributed by atoms with Crippen molar-refractivity contribution in [1.29, 1.82) is 0 Å². The summed E-state index contributed by atoms with van der Waals surface area (Å²) in [5.41, 5.74) is 2.63. The Morgan fingerprint density at radius 3 is 2.58 bits per heavy atom. The van der Waals surface area contributed by atoms with E-state index in [2.05, 4.69) is 21.8 Å². The van der Waals surface area contributed by atoms with Gasteiger partial charge in [0.25, 0.3) is 10.0 Å². The van der Waals surface area contributed by atoms with Gasteiger partial charge in [0, 0.05) is 0 Å². The molecule has 0 saturated carbocycles. The maximum atomic E-state index is 12.1. The summed E-state index contributed by atoms with van der Waals surface area (Å²) in [5.74, 6) is 0. The average Bonchev–Trinajstić information content (AvgIpc) is 2.89. The van der Waals surface area contributed by atoms with Crippen LogP contribution in [0.1, 0.15) is 25.3 Å². The Balaban J connectivity index is 2.12. The molecule has 0 fully saturated rings. The number of aromatic nitrogens is 2. The van der Waals surface area contributed by atoms with Crippen LogP contribution in [0.25, 0.3) is 0 Å². The molecule has 1 N–H and O–H groups in total. The van der Waals surface area contributed by atoms with E-state index in [-0.39, 0.29) is 10.0 Å². The van der Waals surface area contributed by atoms with Crippen LogP contribution in [-0.4, -0.2) is 18.6 Å².